The Kier molecular flexibility index (Phi) is 6.02. The van der Waals surface area contributed by atoms with Crippen molar-refractivity contribution in [3.05, 3.63) is 69.4 Å². The number of carbonyl (C=O) groups excluding carboxylic acids is 1. The van der Waals surface area contributed by atoms with Gasteiger partial charge < -0.3 is 13.9 Å². The van der Waals surface area contributed by atoms with E-state index in [4.69, 9.17) is 13.9 Å². The lowest BCUT2D eigenvalue weighted by Gasteiger charge is -2.07. The summed E-state index contributed by atoms with van der Waals surface area (Å²) < 4.78 is 30.1. The average molecular weight is 437 g/mol. The molecule has 0 atom stereocenters. The molecule has 0 saturated carbocycles. The fourth-order valence-corrected chi connectivity index (χ4v) is 2.53. The smallest absolute Gasteiger partial charge is 0.437 e. The first-order valence-corrected chi connectivity index (χ1v) is 8.68. The van der Waals surface area contributed by atoms with Gasteiger partial charge in [0.05, 0.1) is 0 Å². The van der Waals surface area contributed by atoms with E-state index >= 15 is 0 Å². The summed E-state index contributed by atoms with van der Waals surface area (Å²) in [7, 11) is 0. The third-order valence-electron chi connectivity index (χ3n) is 3.39. The van der Waals surface area contributed by atoms with Gasteiger partial charge in [-0.25, -0.2) is 9.18 Å². The van der Waals surface area contributed by atoms with Crippen molar-refractivity contribution in [1.82, 2.24) is 9.78 Å². The van der Waals surface area contributed by atoms with Crippen molar-refractivity contribution in [1.29, 1.82) is 0 Å². The Morgan fingerprint density at radius 2 is 1.96 bits per heavy atom. The van der Waals surface area contributed by atoms with Gasteiger partial charge in [0.25, 0.3) is 0 Å². The van der Waals surface area contributed by atoms with Gasteiger partial charge in [0.1, 0.15) is 31.3 Å². The lowest BCUT2D eigenvalue weighted by Crippen LogP contribution is -2.24. The molecule has 0 bridgehead atoms. The van der Waals surface area contributed by atoms with E-state index in [0.29, 0.717) is 11.3 Å². The Balaban J connectivity index is 1.50. The molecule has 7 nitrogen and oxygen atoms in total. The minimum absolute atomic E-state index is 0.00853. The monoisotopic (exact) mass is 436 g/mol. The second-order valence-electron chi connectivity index (χ2n) is 5.36. The molecule has 0 aliphatic rings. The molecule has 27 heavy (non-hydrogen) atoms. The number of aromatic nitrogens is 2. The Bertz CT molecular complexity index is 984. The first kappa shape index (κ1) is 18.8. The van der Waals surface area contributed by atoms with Crippen LogP contribution in [0.15, 0.2) is 62.2 Å². The van der Waals surface area contributed by atoms with Crippen molar-refractivity contribution in [2.45, 2.75) is 6.54 Å². The van der Waals surface area contributed by atoms with Crippen LogP contribution in [0.5, 0.6) is 5.75 Å². The second kappa shape index (κ2) is 8.63. The summed E-state index contributed by atoms with van der Waals surface area (Å²) in [6, 6.07) is 12.5. The molecule has 0 aliphatic heterocycles. The van der Waals surface area contributed by atoms with Crippen LogP contribution < -0.4 is 10.5 Å². The molecule has 0 N–H and O–H groups in total. The maximum atomic E-state index is 12.9. The van der Waals surface area contributed by atoms with Gasteiger partial charge in [-0.2, -0.15) is 4.68 Å². The van der Waals surface area contributed by atoms with Crippen LogP contribution in [0.2, 0.25) is 0 Å². The number of ether oxygens (including phenoxy) is 2. The third kappa shape index (κ3) is 5.27. The van der Waals surface area contributed by atoms with E-state index in [1.54, 1.807) is 12.1 Å². The zero-order valence-electron chi connectivity index (χ0n) is 13.9. The largest absolute Gasteiger partial charge is 0.490 e. The summed E-state index contributed by atoms with van der Waals surface area (Å²) in [4.78, 5) is 23.6. The molecular weight excluding hydrogens is 423 g/mol. The minimum atomic E-state index is -0.809. The summed E-state index contributed by atoms with van der Waals surface area (Å²) in [6.07, 6.45) is 0. The molecule has 0 radical (unpaired) electrons. The topological polar surface area (TPSA) is 83.6 Å². The average Bonchev–Trinajstić information content (AvgIpc) is 3.00. The molecule has 0 unspecified atom stereocenters. The molecule has 1 heterocycles. The molecular formula is C18H14BrFN2O5. The molecule has 0 amide bonds. The van der Waals surface area contributed by atoms with Gasteiger partial charge in [-0.15, -0.1) is 5.10 Å². The number of esters is 1. The van der Waals surface area contributed by atoms with Gasteiger partial charge in [-0.3, -0.25) is 4.79 Å². The predicted molar refractivity (Wildman–Crippen MR) is 96.8 cm³/mol. The van der Waals surface area contributed by atoms with Crippen LogP contribution in [-0.4, -0.2) is 29.0 Å². The summed E-state index contributed by atoms with van der Waals surface area (Å²) >= 11 is 3.33. The van der Waals surface area contributed by atoms with Crippen LogP contribution in [0, 0.1) is 5.82 Å². The number of halogens is 2. The van der Waals surface area contributed by atoms with Crippen molar-refractivity contribution < 1.29 is 23.1 Å². The number of hydrogen-bond donors (Lipinski definition) is 0. The molecule has 0 fully saturated rings. The predicted octanol–water partition coefficient (Wildman–Crippen LogP) is 3.03. The number of benzene rings is 2. The first-order valence-electron chi connectivity index (χ1n) is 7.89. The fraction of sp³-hybridized carbons (Fsp3) is 0.167. The van der Waals surface area contributed by atoms with Crippen molar-refractivity contribution in [2.75, 3.05) is 13.2 Å². The third-order valence-corrected chi connectivity index (χ3v) is 3.88. The van der Waals surface area contributed by atoms with Crippen molar-refractivity contribution in [3.8, 4) is 17.2 Å². The summed E-state index contributed by atoms with van der Waals surface area (Å²) in [5, 5.41) is 3.91. The van der Waals surface area contributed by atoms with E-state index in [9.17, 15) is 14.0 Å². The number of rotatable bonds is 7. The fourth-order valence-electron chi connectivity index (χ4n) is 2.16. The Morgan fingerprint density at radius 1 is 1.19 bits per heavy atom. The number of nitrogens with zero attached hydrogens (tertiary/aromatic N) is 2. The second-order valence-corrected chi connectivity index (χ2v) is 6.28. The number of hydrogen-bond acceptors (Lipinski definition) is 6. The van der Waals surface area contributed by atoms with Crippen LogP contribution in [-0.2, 0) is 16.1 Å². The van der Waals surface area contributed by atoms with Crippen LogP contribution in [0.4, 0.5) is 4.39 Å². The van der Waals surface area contributed by atoms with Gasteiger partial charge in [0.15, 0.2) is 0 Å². The lowest BCUT2D eigenvalue weighted by molar-refractivity contribution is -0.145. The first-order chi connectivity index (χ1) is 13.0. The highest BCUT2D eigenvalue weighted by Crippen LogP contribution is 2.17. The molecule has 0 aliphatic carbocycles. The van der Waals surface area contributed by atoms with E-state index < -0.39 is 24.1 Å². The summed E-state index contributed by atoms with van der Waals surface area (Å²) in [5.74, 6) is -1.26. The summed E-state index contributed by atoms with van der Waals surface area (Å²) in [6.45, 7) is -0.222. The van der Waals surface area contributed by atoms with Crippen LogP contribution in [0.3, 0.4) is 0 Å². The highest BCUT2D eigenvalue weighted by molar-refractivity contribution is 9.10. The van der Waals surface area contributed by atoms with Crippen LogP contribution >= 0.6 is 15.9 Å². The maximum absolute atomic E-state index is 12.9. The van der Waals surface area contributed by atoms with E-state index in [2.05, 4.69) is 21.0 Å². The minimum Gasteiger partial charge on any atom is -0.490 e. The van der Waals surface area contributed by atoms with Crippen molar-refractivity contribution in [2.24, 2.45) is 0 Å². The highest BCUT2D eigenvalue weighted by Gasteiger charge is 2.14. The van der Waals surface area contributed by atoms with Gasteiger partial charge in [-0.05, 0) is 42.5 Å². The van der Waals surface area contributed by atoms with E-state index in [1.165, 1.54) is 24.3 Å². The van der Waals surface area contributed by atoms with Gasteiger partial charge >= 0.3 is 11.7 Å². The molecule has 0 saturated heterocycles. The highest BCUT2D eigenvalue weighted by atomic mass is 79.9. The zero-order valence-corrected chi connectivity index (χ0v) is 15.5. The van der Waals surface area contributed by atoms with E-state index in [0.717, 1.165) is 9.15 Å². The molecule has 0 spiro atoms. The molecule has 3 rings (SSSR count). The Labute approximate surface area is 161 Å². The van der Waals surface area contributed by atoms with Gasteiger partial charge in [0.2, 0.25) is 5.89 Å². The summed E-state index contributed by atoms with van der Waals surface area (Å²) in [5.41, 5.74) is 0.419. The molecule has 2 aromatic carbocycles. The van der Waals surface area contributed by atoms with Gasteiger partial charge in [0, 0.05) is 10.0 Å². The normalized spacial score (nSPS) is 10.6. The SMILES string of the molecule is O=C(Cn1nc(-c2ccc(F)cc2)oc1=O)OCCOc1cccc(Br)c1. The van der Waals surface area contributed by atoms with Crippen LogP contribution in [0.25, 0.3) is 11.5 Å². The molecule has 3 aromatic rings. The van der Waals surface area contributed by atoms with E-state index in [-0.39, 0.29) is 19.1 Å². The lowest BCUT2D eigenvalue weighted by atomic mass is 10.2. The standard InChI is InChI=1S/C18H14BrFN2O5/c19-13-2-1-3-15(10-13)25-8-9-26-16(23)11-22-18(24)27-17(21-22)12-4-6-14(20)7-5-12/h1-7,10H,8-9,11H2. The van der Waals surface area contributed by atoms with Crippen LogP contribution in [0.1, 0.15) is 0 Å². The van der Waals surface area contributed by atoms with Crippen molar-refractivity contribution in [3.63, 3.8) is 0 Å². The molecule has 1 aromatic heterocycles. The Hall–Kier alpha value is -2.94. The number of carbonyl (C=O) groups is 1. The van der Waals surface area contributed by atoms with Gasteiger partial charge in [-0.1, -0.05) is 22.0 Å². The maximum Gasteiger partial charge on any atom is 0.437 e. The zero-order chi connectivity index (χ0) is 19.2. The van der Waals surface area contributed by atoms with E-state index in [1.807, 2.05) is 12.1 Å². The van der Waals surface area contributed by atoms with Crippen molar-refractivity contribution >= 4 is 21.9 Å². The Morgan fingerprint density at radius 3 is 2.70 bits per heavy atom. The molecule has 9 heteroatoms. The quantitative estimate of drug-likeness (QED) is 0.418. The molecule has 140 valence electrons.